The van der Waals surface area contributed by atoms with E-state index >= 15 is 0 Å². The fourth-order valence-corrected chi connectivity index (χ4v) is 3.56. The summed E-state index contributed by atoms with van der Waals surface area (Å²) in [4.78, 5) is 14.8. The van der Waals surface area contributed by atoms with Crippen molar-refractivity contribution in [2.24, 2.45) is 5.41 Å². The zero-order chi connectivity index (χ0) is 17.9. The standard InChI is InChI=1S/C20H29NO3/c1-18(2,3)14-7-13(8-15(16(14)22)19(4,5)6)17(23)21-9-20(10-21)11-24-12-20/h7-8,22H,9-12H2,1-6H3. The minimum Gasteiger partial charge on any atom is -0.507 e. The van der Waals surface area contributed by atoms with Crippen molar-refractivity contribution in [1.29, 1.82) is 0 Å². The Morgan fingerprint density at radius 3 is 1.83 bits per heavy atom. The second-order valence-corrected chi connectivity index (χ2v) is 9.57. The van der Waals surface area contributed by atoms with E-state index in [1.807, 2.05) is 17.0 Å². The summed E-state index contributed by atoms with van der Waals surface area (Å²) in [5.74, 6) is 0.377. The molecule has 2 saturated heterocycles. The van der Waals surface area contributed by atoms with Crippen LogP contribution in [0.15, 0.2) is 12.1 Å². The Bertz CT molecular complexity index is 632. The minimum atomic E-state index is -0.224. The zero-order valence-corrected chi connectivity index (χ0v) is 15.7. The van der Waals surface area contributed by atoms with Crippen LogP contribution in [0.3, 0.4) is 0 Å². The number of hydrogen-bond donors (Lipinski definition) is 1. The van der Waals surface area contributed by atoms with Crippen LogP contribution < -0.4 is 0 Å². The number of hydrogen-bond acceptors (Lipinski definition) is 3. The first-order valence-corrected chi connectivity index (χ1v) is 8.68. The van der Waals surface area contributed by atoms with Gasteiger partial charge in [-0.15, -0.1) is 0 Å². The summed E-state index contributed by atoms with van der Waals surface area (Å²) in [6.45, 7) is 15.5. The molecule has 0 aromatic heterocycles. The molecule has 4 nitrogen and oxygen atoms in total. The number of carbonyl (C=O) groups excluding carboxylic acids is 1. The highest BCUT2D eigenvalue weighted by Gasteiger charge is 2.50. The van der Waals surface area contributed by atoms with Crippen molar-refractivity contribution in [1.82, 2.24) is 4.90 Å². The molecule has 0 unspecified atom stereocenters. The van der Waals surface area contributed by atoms with Gasteiger partial charge < -0.3 is 14.7 Å². The molecule has 2 fully saturated rings. The predicted molar refractivity (Wildman–Crippen MR) is 94.7 cm³/mol. The Kier molecular flexibility index (Phi) is 3.76. The second-order valence-electron chi connectivity index (χ2n) is 9.57. The fourth-order valence-electron chi connectivity index (χ4n) is 3.56. The largest absolute Gasteiger partial charge is 0.507 e. The molecule has 1 N–H and O–H groups in total. The van der Waals surface area contributed by atoms with Crippen LogP contribution in [0, 0.1) is 5.41 Å². The Labute approximate surface area is 144 Å². The van der Waals surface area contributed by atoms with Crippen LogP contribution in [-0.2, 0) is 15.6 Å². The summed E-state index contributed by atoms with van der Waals surface area (Å²) in [7, 11) is 0. The number of benzene rings is 1. The van der Waals surface area contributed by atoms with E-state index in [4.69, 9.17) is 4.74 Å². The number of ether oxygens (including phenoxy) is 1. The van der Waals surface area contributed by atoms with E-state index in [1.165, 1.54) is 0 Å². The van der Waals surface area contributed by atoms with E-state index in [2.05, 4.69) is 41.5 Å². The third kappa shape index (κ3) is 2.81. The maximum absolute atomic E-state index is 12.9. The number of aromatic hydroxyl groups is 1. The number of carbonyl (C=O) groups is 1. The average Bonchev–Trinajstić information content (AvgIpc) is 2.32. The highest BCUT2D eigenvalue weighted by Crippen LogP contribution is 2.42. The van der Waals surface area contributed by atoms with Gasteiger partial charge in [0.05, 0.1) is 18.6 Å². The smallest absolute Gasteiger partial charge is 0.253 e. The monoisotopic (exact) mass is 331 g/mol. The Morgan fingerprint density at radius 2 is 1.50 bits per heavy atom. The van der Waals surface area contributed by atoms with Gasteiger partial charge in [-0.3, -0.25) is 4.79 Å². The molecule has 1 aromatic carbocycles. The molecule has 1 amide bonds. The Hall–Kier alpha value is -1.55. The first-order valence-electron chi connectivity index (χ1n) is 8.68. The van der Waals surface area contributed by atoms with Crippen LogP contribution in [0.4, 0.5) is 0 Å². The highest BCUT2D eigenvalue weighted by molar-refractivity contribution is 5.95. The van der Waals surface area contributed by atoms with Gasteiger partial charge in [0.2, 0.25) is 0 Å². The SMILES string of the molecule is CC(C)(C)c1cc(C(=O)N2CC3(COC3)C2)cc(C(C)(C)C)c1O. The van der Waals surface area contributed by atoms with Gasteiger partial charge >= 0.3 is 0 Å². The third-order valence-corrected chi connectivity index (χ3v) is 5.13. The lowest BCUT2D eigenvalue weighted by molar-refractivity contribution is -0.176. The van der Waals surface area contributed by atoms with Crippen molar-refractivity contribution < 1.29 is 14.6 Å². The molecule has 0 atom stereocenters. The van der Waals surface area contributed by atoms with Crippen LogP contribution in [-0.4, -0.2) is 42.2 Å². The molecule has 24 heavy (non-hydrogen) atoms. The lowest BCUT2D eigenvalue weighted by atomic mass is 9.76. The van der Waals surface area contributed by atoms with Gasteiger partial charge in [0.15, 0.2) is 0 Å². The first-order chi connectivity index (χ1) is 10.9. The molecule has 2 aliphatic heterocycles. The molecular weight excluding hydrogens is 302 g/mol. The van der Waals surface area contributed by atoms with E-state index in [-0.39, 0.29) is 22.2 Å². The van der Waals surface area contributed by atoms with Gasteiger partial charge in [0.25, 0.3) is 5.91 Å². The quantitative estimate of drug-likeness (QED) is 0.857. The number of phenolic OH excluding ortho intramolecular Hbond substituents is 1. The summed E-state index contributed by atoms with van der Waals surface area (Å²) >= 11 is 0. The predicted octanol–water partition coefficient (Wildman–Crippen LogP) is 3.46. The van der Waals surface area contributed by atoms with E-state index in [1.54, 1.807) is 0 Å². The first kappa shape index (κ1) is 17.3. The summed E-state index contributed by atoms with van der Waals surface area (Å²) in [6, 6.07) is 3.74. The van der Waals surface area contributed by atoms with Gasteiger partial charge in [-0.25, -0.2) is 0 Å². The third-order valence-electron chi connectivity index (χ3n) is 5.13. The molecular formula is C20H29NO3. The van der Waals surface area contributed by atoms with E-state index in [0.717, 1.165) is 37.4 Å². The van der Waals surface area contributed by atoms with Gasteiger partial charge in [-0.2, -0.15) is 0 Å². The topological polar surface area (TPSA) is 49.8 Å². The zero-order valence-electron chi connectivity index (χ0n) is 15.7. The van der Waals surface area contributed by atoms with Crippen molar-refractivity contribution in [2.45, 2.75) is 52.4 Å². The Balaban J connectivity index is 1.97. The molecule has 0 saturated carbocycles. The van der Waals surface area contributed by atoms with Gasteiger partial charge in [0.1, 0.15) is 5.75 Å². The number of likely N-dealkylation sites (tertiary alicyclic amines) is 1. The Morgan fingerprint density at radius 1 is 1.04 bits per heavy atom. The number of nitrogens with zero attached hydrogens (tertiary/aromatic N) is 1. The molecule has 3 rings (SSSR count). The van der Waals surface area contributed by atoms with Crippen LogP contribution >= 0.6 is 0 Å². The van der Waals surface area contributed by atoms with Crippen LogP contribution in [0.25, 0.3) is 0 Å². The lowest BCUT2D eigenvalue weighted by Gasteiger charge is -2.55. The van der Waals surface area contributed by atoms with Crippen molar-refractivity contribution >= 4 is 5.91 Å². The molecule has 2 heterocycles. The minimum absolute atomic E-state index is 0.0588. The molecule has 0 radical (unpaired) electrons. The van der Waals surface area contributed by atoms with Crippen molar-refractivity contribution in [3.63, 3.8) is 0 Å². The highest BCUT2D eigenvalue weighted by atomic mass is 16.5. The molecule has 1 spiro atoms. The normalized spacial score (nSPS) is 19.8. The maximum Gasteiger partial charge on any atom is 0.253 e. The molecule has 0 aliphatic carbocycles. The van der Waals surface area contributed by atoms with Crippen molar-refractivity contribution in [2.75, 3.05) is 26.3 Å². The van der Waals surface area contributed by atoms with Crippen LogP contribution in [0.1, 0.15) is 63.0 Å². The lowest BCUT2D eigenvalue weighted by Crippen LogP contribution is -2.67. The fraction of sp³-hybridized carbons (Fsp3) is 0.650. The van der Waals surface area contributed by atoms with Gasteiger partial charge in [-0.05, 0) is 23.0 Å². The van der Waals surface area contributed by atoms with Crippen LogP contribution in [0.2, 0.25) is 0 Å². The number of amides is 1. The van der Waals surface area contributed by atoms with Crippen LogP contribution in [0.5, 0.6) is 5.75 Å². The molecule has 132 valence electrons. The van der Waals surface area contributed by atoms with E-state index in [0.29, 0.717) is 11.3 Å². The second kappa shape index (κ2) is 5.22. The van der Waals surface area contributed by atoms with Gasteiger partial charge in [-0.1, -0.05) is 41.5 Å². The molecule has 2 aliphatic rings. The summed E-state index contributed by atoms with van der Waals surface area (Å²) < 4.78 is 5.29. The average molecular weight is 331 g/mol. The number of rotatable bonds is 1. The van der Waals surface area contributed by atoms with Crippen molar-refractivity contribution in [3.05, 3.63) is 28.8 Å². The van der Waals surface area contributed by atoms with E-state index < -0.39 is 0 Å². The van der Waals surface area contributed by atoms with Gasteiger partial charge in [0, 0.05) is 29.8 Å². The molecule has 1 aromatic rings. The number of phenols is 1. The van der Waals surface area contributed by atoms with E-state index in [9.17, 15) is 9.90 Å². The maximum atomic E-state index is 12.9. The molecule has 0 bridgehead atoms. The summed E-state index contributed by atoms with van der Waals surface area (Å²) in [5.41, 5.74) is 2.11. The summed E-state index contributed by atoms with van der Waals surface area (Å²) in [5, 5.41) is 10.8. The summed E-state index contributed by atoms with van der Waals surface area (Å²) in [6.07, 6.45) is 0. The molecule has 4 heteroatoms. The van der Waals surface area contributed by atoms with Crippen molar-refractivity contribution in [3.8, 4) is 5.75 Å².